The Morgan fingerprint density at radius 3 is 2.50 bits per heavy atom. The number of nitrogens with zero attached hydrogens (tertiary/aromatic N) is 1. The molecule has 3 aliphatic carbocycles. The highest BCUT2D eigenvalue weighted by atomic mass is 16.5. The Hall–Kier alpha value is -0.610. The van der Waals surface area contributed by atoms with Gasteiger partial charge in [-0.3, -0.25) is 4.79 Å². The Morgan fingerprint density at radius 2 is 1.83 bits per heavy atom. The Labute approximate surface area is 108 Å². The predicted octanol–water partition coefficient (Wildman–Crippen LogP) is 0.479. The van der Waals surface area contributed by atoms with Crippen LogP contribution in [0, 0.1) is 23.7 Å². The molecule has 4 rings (SSSR count). The number of nitrogens with one attached hydrogen (secondary N) is 1. The molecule has 0 radical (unpaired) electrons. The summed E-state index contributed by atoms with van der Waals surface area (Å²) in [5.41, 5.74) is 0. The molecule has 0 aromatic rings. The number of hydrogen-bond acceptors (Lipinski definition) is 3. The maximum absolute atomic E-state index is 12.0. The zero-order valence-electron chi connectivity index (χ0n) is 10.8. The van der Waals surface area contributed by atoms with Gasteiger partial charge in [0, 0.05) is 19.1 Å². The first-order valence-corrected chi connectivity index (χ1v) is 7.43. The molecule has 1 N–H and O–H groups in total. The number of morpholine rings is 1. The molecule has 100 valence electrons. The van der Waals surface area contributed by atoms with Crippen LogP contribution in [0.3, 0.4) is 0 Å². The molecule has 4 atom stereocenters. The summed E-state index contributed by atoms with van der Waals surface area (Å²) in [6, 6.07) is 0.668. The van der Waals surface area contributed by atoms with Crippen LogP contribution in [0.15, 0.2) is 0 Å². The number of rotatable bonds is 3. The van der Waals surface area contributed by atoms with E-state index in [4.69, 9.17) is 4.74 Å². The first-order chi connectivity index (χ1) is 8.84. The van der Waals surface area contributed by atoms with E-state index in [1.807, 2.05) is 4.90 Å². The van der Waals surface area contributed by atoms with Gasteiger partial charge in [-0.2, -0.15) is 0 Å². The summed E-state index contributed by atoms with van der Waals surface area (Å²) >= 11 is 0. The monoisotopic (exact) mass is 250 g/mol. The summed E-state index contributed by atoms with van der Waals surface area (Å²) in [5.74, 6) is 4.06. The van der Waals surface area contributed by atoms with Gasteiger partial charge >= 0.3 is 0 Å². The zero-order chi connectivity index (χ0) is 12.1. The van der Waals surface area contributed by atoms with Gasteiger partial charge in [-0.15, -0.1) is 0 Å². The molecule has 1 amide bonds. The highest BCUT2D eigenvalue weighted by molar-refractivity contribution is 5.78. The lowest BCUT2D eigenvalue weighted by molar-refractivity contribution is -0.134. The van der Waals surface area contributed by atoms with Crippen molar-refractivity contribution in [3.05, 3.63) is 0 Å². The van der Waals surface area contributed by atoms with Crippen molar-refractivity contribution in [3.63, 3.8) is 0 Å². The zero-order valence-corrected chi connectivity index (χ0v) is 10.8. The lowest BCUT2D eigenvalue weighted by Gasteiger charge is -2.27. The van der Waals surface area contributed by atoms with E-state index in [-0.39, 0.29) is 5.91 Å². The molecule has 1 saturated heterocycles. The Bertz CT molecular complexity index is 338. The van der Waals surface area contributed by atoms with Gasteiger partial charge in [0.25, 0.3) is 0 Å². The van der Waals surface area contributed by atoms with Gasteiger partial charge < -0.3 is 15.0 Å². The van der Waals surface area contributed by atoms with Crippen LogP contribution in [0.2, 0.25) is 0 Å². The molecule has 0 aromatic heterocycles. The van der Waals surface area contributed by atoms with E-state index in [0.717, 1.165) is 36.8 Å². The molecule has 4 aliphatic rings. The predicted molar refractivity (Wildman–Crippen MR) is 67.0 cm³/mol. The van der Waals surface area contributed by atoms with Gasteiger partial charge in [0.05, 0.1) is 19.8 Å². The third-order valence-corrected chi connectivity index (χ3v) is 5.59. The molecule has 1 heterocycles. The van der Waals surface area contributed by atoms with Gasteiger partial charge in [-0.1, -0.05) is 0 Å². The Balaban J connectivity index is 1.26. The molecule has 4 nitrogen and oxygen atoms in total. The molecule has 4 fully saturated rings. The van der Waals surface area contributed by atoms with Crippen LogP contribution in [0.1, 0.15) is 19.3 Å². The lowest BCUT2D eigenvalue weighted by atomic mass is 10.0. The number of ether oxygens (including phenoxy) is 1. The number of fused-ring (bicyclic) bond motifs is 5. The summed E-state index contributed by atoms with van der Waals surface area (Å²) in [5, 5.41) is 3.52. The molecule has 2 bridgehead atoms. The average molecular weight is 250 g/mol. The van der Waals surface area contributed by atoms with Crippen molar-refractivity contribution >= 4 is 5.91 Å². The molecule has 0 aromatic carbocycles. The maximum atomic E-state index is 12.0. The minimum absolute atomic E-state index is 0.260. The molecular weight excluding hydrogens is 228 g/mol. The minimum Gasteiger partial charge on any atom is -0.378 e. The number of carbonyl (C=O) groups is 1. The second-order valence-electron chi connectivity index (χ2n) is 6.39. The van der Waals surface area contributed by atoms with Gasteiger partial charge in [-0.05, 0) is 42.9 Å². The fourth-order valence-electron chi connectivity index (χ4n) is 4.73. The summed E-state index contributed by atoms with van der Waals surface area (Å²) in [6.07, 6.45) is 4.37. The molecule has 4 unspecified atom stereocenters. The molecule has 4 heteroatoms. The molecule has 1 aliphatic heterocycles. The van der Waals surface area contributed by atoms with Crippen LogP contribution in [0.25, 0.3) is 0 Å². The first-order valence-electron chi connectivity index (χ1n) is 7.43. The second-order valence-corrected chi connectivity index (χ2v) is 6.39. The van der Waals surface area contributed by atoms with E-state index in [9.17, 15) is 4.79 Å². The van der Waals surface area contributed by atoms with Gasteiger partial charge in [0.15, 0.2) is 0 Å². The standard InChI is InChI=1S/C14H22N2O2/c17-11(16-3-5-18-6-4-16)8-15-14-12-9-1-2-10(7-9)13(12)14/h9-10,12-15H,1-8H2. The van der Waals surface area contributed by atoms with Crippen LogP contribution in [-0.4, -0.2) is 49.7 Å². The second kappa shape index (κ2) is 4.20. The topological polar surface area (TPSA) is 41.6 Å². The maximum Gasteiger partial charge on any atom is 0.236 e. The van der Waals surface area contributed by atoms with E-state index in [0.29, 0.717) is 25.8 Å². The molecule has 0 spiro atoms. The molecule has 18 heavy (non-hydrogen) atoms. The van der Waals surface area contributed by atoms with Gasteiger partial charge in [0.1, 0.15) is 0 Å². The third-order valence-electron chi connectivity index (χ3n) is 5.59. The van der Waals surface area contributed by atoms with Gasteiger partial charge in [-0.25, -0.2) is 0 Å². The highest BCUT2D eigenvalue weighted by Crippen LogP contribution is 2.65. The van der Waals surface area contributed by atoms with Crippen molar-refractivity contribution in [2.45, 2.75) is 25.3 Å². The van der Waals surface area contributed by atoms with Crippen LogP contribution >= 0.6 is 0 Å². The molecular formula is C14H22N2O2. The first kappa shape index (κ1) is 11.2. The van der Waals surface area contributed by atoms with E-state index >= 15 is 0 Å². The van der Waals surface area contributed by atoms with Crippen LogP contribution in [0.4, 0.5) is 0 Å². The van der Waals surface area contributed by atoms with Crippen LogP contribution in [-0.2, 0) is 9.53 Å². The van der Waals surface area contributed by atoms with Crippen molar-refractivity contribution in [2.24, 2.45) is 23.7 Å². The number of amides is 1. The lowest BCUT2D eigenvalue weighted by Crippen LogP contribution is -2.45. The average Bonchev–Trinajstić information content (AvgIpc) is 2.81. The normalized spacial score (nSPS) is 45.1. The number of carbonyl (C=O) groups excluding carboxylic acids is 1. The van der Waals surface area contributed by atoms with Crippen molar-refractivity contribution < 1.29 is 9.53 Å². The minimum atomic E-state index is 0.260. The summed E-state index contributed by atoms with van der Waals surface area (Å²) in [4.78, 5) is 14.0. The summed E-state index contributed by atoms with van der Waals surface area (Å²) < 4.78 is 5.27. The highest BCUT2D eigenvalue weighted by Gasteiger charge is 2.64. The van der Waals surface area contributed by atoms with Crippen molar-refractivity contribution in [2.75, 3.05) is 32.8 Å². The SMILES string of the molecule is O=C(CNC1C2C3CCC(C3)C12)N1CCOCC1. The quantitative estimate of drug-likeness (QED) is 0.792. The number of hydrogen-bond donors (Lipinski definition) is 1. The Kier molecular flexibility index (Phi) is 2.62. The van der Waals surface area contributed by atoms with Crippen molar-refractivity contribution in [1.82, 2.24) is 10.2 Å². The Morgan fingerprint density at radius 1 is 1.17 bits per heavy atom. The summed E-state index contributed by atoms with van der Waals surface area (Å²) in [6.45, 7) is 3.47. The van der Waals surface area contributed by atoms with E-state index < -0.39 is 0 Å². The van der Waals surface area contributed by atoms with Crippen LogP contribution in [0.5, 0.6) is 0 Å². The fraction of sp³-hybridized carbons (Fsp3) is 0.929. The third kappa shape index (κ3) is 1.69. The van der Waals surface area contributed by atoms with Crippen molar-refractivity contribution in [1.29, 1.82) is 0 Å². The van der Waals surface area contributed by atoms with E-state index in [1.165, 1.54) is 19.3 Å². The van der Waals surface area contributed by atoms with E-state index in [1.54, 1.807) is 0 Å². The summed E-state index contributed by atoms with van der Waals surface area (Å²) in [7, 11) is 0. The van der Waals surface area contributed by atoms with Crippen molar-refractivity contribution in [3.8, 4) is 0 Å². The molecule has 3 saturated carbocycles. The largest absolute Gasteiger partial charge is 0.378 e. The van der Waals surface area contributed by atoms with Gasteiger partial charge in [0.2, 0.25) is 5.91 Å². The smallest absolute Gasteiger partial charge is 0.236 e. The fourth-order valence-corrected chi connectivity index (χ4v) is 4.73. The van der Waals surface area contributed by atoms with Crippen LogP contribution < -0.4 is 5.32 Å². The van der Waals surface area contributed by atoms with E-state index in [2.05, 4.69) is 5.32 Å².